The molecule has 0 aliphatic rings. The SMILES string of the molecule is Cc1ccc(NC(=S)NCCCn2nc(C)c(Cl)c2Cl)c(C)c1. The summed E-state index contributed by atoms with van der Waals surface area (Å²) in [5.41, 5.74) is 4.17. The van der Waals surface area contributed by atoms with Crippen LogP contribution in [0.4, 0.5) is 5.69 Å². The molecule has 0 radical (unpaired) electrons. The molecule has 1 aromatic heterocycles. The first-order valence-corrected chi connectivity index (χ1v) is 8.55. The number of aryl methyl sites for hydroxylation is 4. The molecule has 0 fully saturated rings. The third kappa shape index (κ3) is 4.83. The lowest BCUT2D eigenvalue weighted by Crippen LogP contribution is -2.30. The van der Waals surface area contributed by atoms with Gasteiger partial charge in [0.15, 0.2) is 5.11 Å². The van der Waals surface area contributed by atoms with Gasteiger partial charge in [0.2, 0.25) is 0 Å². The molecule has 2 rings (SSSR count). The van der Waals surface area contributed by atoms with Gasteiger partial charge in [0.25, 0.3) is 0 Å². The van der Waals surface area contributed by atoms with Gasteiger partial charge in [-0.05, 0) is 51.0 Å². The van der Waals surface area contributed by atoms with E-state index in [1.807, 2.05) is 13.0 Å². The average molecular weight is 371 g/mol. The summed E-state index contributed by atoms with van der Waals surface area (Å²) in [6.45, 7) is 7.38. The van der Waals surface area contributed by atoms with E-state index >= 15 is 0 Å². The highest BCUT2D eigenvalue weighted by molar-refractivity contribution is 7.80. The molecule has 124 valence electrons. The number of rotatable bonds is 5. The van der Waals surface area contributed by atoms with Crippen LogP contribution in [0.15, 0.2) is 18.2 Å². The number of aromatic nitrogens is 2. The van der Waals surface area contributed by atoms with Crippen LogP contribution in [0.3, 0.4) is 0 Å². The minimum atomic E-state index is 0.486. The van der Waals surface area contributed by atoms with Crippen molar-refractivity contribution in [2.75, 3.05) is 11.9 Å². The number of thiocarbonyl (C=S) groups is 1. The van der Waals surface area contributed by atoms with Crippen molar-refractivity contribution in [2.45, 2.75) is 33.7 Å². The average Bonchev–Trinajstić information content (AvgIpc) is 2.74. The van der Waals surface area contributed by atoms with Gasteiger partial charge < -0.3 is 10.6 Å². The van der Waals surface area contributed by atoms with Crippen LogP contribution in [0.25, 0.3) is 0 Å². The van der Waals surface area contributed by atoms with E-state index in [1.165, 1.54) is 11.1 Å². The predicted octanol–water partition coefficient (Wildman–Crippen LogP) is 4.49. The molecule has 0 atom stereocenters. The number of nitrogens with one attached hydrogen (secondary N) is 2. The first kappa shape index (κ1) is 18.0. The fraction of sp³-hybridized carbons (Fsp3) is 0.375. The normalized spacial score (nSPS) is 10.7. The van der Waals surface area contributed by atoms with Crippen LogP contribution >= 0.6 is 35.4 Å². The van der Waals surface area contributed by atoms with Crippen LogP contribution in [0.1, 0.15) is 23.2 Å². The first-order valence-electron chi connectivity index (χ1n) is 7.39. The molecule has 0 saturated heterocycles. The second-order valence-corrected chi connectivity index (χ2v) is 6.61. The number of benzene rings is 1. The van der Waals surface area contributed by atoms with Gasteiger partial charge in [-0.2, -0.15) is 5.10 Å². The lowest BCUT2D eigenvalue weighted by Gasteiger charge is -2.13. The third-order valence-corrected chi connectivity index (χ3v) is 4.64. The van der Waals surface area contributed by atoms with Crippen molar-refractivity contribution >= 4 is 46.2 Å². The minimum absolute atomic E-state index is 0.486. The highest BCUT2D eigenvalue weighted by Crippen LogP contribution is 2.24. The number of nitrogens with zero attached hydrogens (tertiary/aromatic N) is 2. The van der Waals surface area contributed by atoms with E-state index in [1.54, 1.807) is 4.68 Å². The van der Waals surface area contributed by atoms with Crippen molar-refractivity contribution < 1.29 is 0 Å². The minimum Gasteiger partial charge on any atom is -0.362 e. The van der Waals surface area contributed by atoms with Crippen LogP contribution < -0.4 is 10.6 Å². The molecular weight excluding hydrogens is 351 g/mol. The maximum absolute atomic E-state index is 6.10. The van der Waals surface area contributed by atoms with E-state index in [0.717, 1.165) is 24.3 Å². The van der Waals surface area contributed by atoms with Gasteiger partial charge >= 0.3 is 0 Å². The van der Waals surface area contributed by atoms with E-state index in [2.05, 4.69) is 41.7 Å². The van der Waals surface area contributed by atoms with Gasteiger partial charge in [-0.1, -0.05) is 40.9 Å². The molecule has 0 aliphatic heterocycles. The molecule has 7 heteroatoms. The van der Waals surface area contributed by atoms with E-state index in [-0.39, 0.29) is 0 Å². The zero-order chi connectivity index (χ0) is 17.0. The van der Waals surface area contributed by atoms with Gasteiger partial charge in [0.1, 0.15) is 10.2 Å². The molecule has 0 unspecified atom stereocenters. The Bertz CT molecular complexity index is 712. The Labute approximate surface area is 152 Å². The third-order valence-electron chi connectivity index (χ3n) is 3.46. The molecule has 0 spiro atoms. The molecule has 2 N–H and O–H groups in total. The fourth-order valence-corrected chi connectivity index (χ4v) is 2.84. The highest BCUT2D eigenvalue weighted by atomic mass is 35.5. The lowest BCUT2D eigenvalue weighted by molar-refractivity contribution is 0.571. The van der Waals surface area contributed by atoms with Gasteiger partial charge in [0.05, 0.1) is 5.69 Å². The van der Waals surface area contributed by atoms with Crippen LogP contribution in [-0.4, -0.2) is 21.4 Å². The Morgan fingerprint density at radius 3 is 2.61 bits per heavy atom. The number of hydrogen-bond acceptors (Lipinski definition) is 2. The molecule has 23 heavy (non-hydrogen) atoms. The summed E-state index contributed by atoms with van der Waals surface area (Å²) in [4.78, 5) is 0. The first-order chi connectivity index (χ1) is 10.9. The summed E-state index contributed by atoms with van der Waals surface area (Å²) in [6.07, 6.45) is 0.839. The molecule has 0 saturated carbocycles. The monoisotopic (exact) mass is 370 g/mol. The van der Waals surface area contributed by atoms with Crippen LogP contribution in [-0.2, 0) is 6.54 Å². The highest BCUT2D eigenvalue weighted by Gasteiger charge is 2.10. The summed E-state index contributed by atoms with van der Waals surface area (Å²) in [6, 6.07) is 6.22. The van der Waals surface area contributed by atoms with Crippen molar-refractivity contribution in [3.05, 3.63) is 45.2 Å². The standard InChI is InChI=1S/C16H20Cl2N4S/c1-10-5-6-13(11(2)9-10)20-16(23)19-7-4-8-22-15(18)14(17)12(3)21-22/h5-6,9H,4,7-8H2,1-3H3,(H2,19,20,23). The Balaban J connectivity index is 1.77. The van der Waals surface area contributed by atoms with Gasteiger partial charge in [-0.15, -0.1) is 0 Å². The summed E-state index contributed by atoms with van der Waals surface area (Å²) in [7, 11) is 0. The second-order valence-electron chi connectivity index (χ2n) is 5.47. The van der Waals surface area contributed by atoms with Crippen molar-refractivity contribution in [3.8, 4) is 0 Å². The van der Waals surface area contributed by atoms with E-state index in [0.29, 0.717) is 21.8 Å². The van der Waals surface area contributed by atoms with E-state index < -0.39 is 0 Å². The van der Waals surface area contributed by atoms with Gasteiger partial charge in [-0.3, -0.25) is 4.68 Å². The maximum atomic E-state index is 6.10. The zero-order valence-corrected chi connectivity index (χ0v) is 15.7. The summed E-state index contributed by atoms with van der Waals surface area (Å²) >= 11 is 17.4. The van der Waals surface area contributed by atoms with Crippen LogP contribution in [0, 0.1) is 20.8 Å². The van der Waals surface area contributed by atoms with Crippen molar-refractivity contribution in [1.82, 2.24) is 15.1 Å². The predicted molar refractivity (Wildman–Crippen MR) is 102 cm³/mol. The second kappa shape index (κ2) is 7.99. The summed E-state index contributed by atoms with van der Waals surface area (Å²) in [5.74, 6) is 0. The Morgan fingerprint density at radius 2 is 2.00 bits per heavy atom. The Hall–Kier alpha value is -1.30. The van der Waals surface area contributed by atoms with E-state index in [9.17, 15) is 0 Å². The van der Waals surface area contributed by atoms with E-state index in [4.69, 9.17) is 35.4 Å². The summed E-state index contributed by atoms with van der Waals surface area (Å²) < 4.78 is 1.71. The molecule has 1 heterocycles. The molecule has 1 aromatic carbocycles. The van der Waals surface area contributed by atoms with Crippen molar-refractivity contribution in [2.24, 2.45) is 0 Å². The van der Waals surface area contributed by atoms with Gasteiger partial charge in [-0.25, -0.2) is 0 Å². The van der Waals surface area contributed by atoms with Crippen molar-refractivity contribution in [1.29, 1.82) is 0 Å². The maximum Gasteiger partial charge on any atom is 0.170 e. The molecular formula is C16H20Cl2N4S. The fourth-order valence-electron chi connectivity index (χ4n) is 2.23. The largest absolute Gasteiger partial charge is 0.362 e. The lowest BCUT2D eigenvalue weighted by atomic mass is 10.1. The van der Waals surface area contributed by atoms with Gasteiger partial charge in [0, 0.05) is 18.8 Å². The van der Waals surface area contributed by atoms with Crippen molar-refractivity contribution in [3.63, 3.8) is 0 Å². The molecule has 2 aromatic rings. The number of halogens is 2. The Morgan fingerprint density at radius 1 is 1.26 bits per heavy atom. The quantitative estimate of drug-likeness (QED) is 0.600. The summed E-state index contributed by atoms with van der Waals surface area (Å²) in [5, 5.41) is 12.3. The van der Waals surface area contributed by atoms with Crippen LogP contribution in [0.2, 0.25) is 10.2 Å². The molecule has 0 aliphatic carbocycles. The molecule has 0 amide bonds. The zero-order valence-electron chi connectivity index (χ0n) is 13.4. The smallest absolute Gasteiger partial charge is 0.170 e. The Kier molecular flexibility index (Phi) is 6.27. The molecule has 0 bridgehead atoms. The van der Waals surface area contributed by atoms with Crippen LogP contribution in [0.5, 0.6) is 0 Å². The molecule has 4 nitrogen and oxygen atoms in total. The number of anilines is 1. The topological polar surface area (TPSA) is 41.9 Å². The number of hydrogen-bond donors (Lipinski definition) is 2.